The van der Waals surface area contributed by atoms with Crippen molar-refractivity contribution in [2.24, 2.45) is 0 Å². The maximum absolute atomic E-state index is 13.6. The molecule has 1 aromatic carbocycles. The van der Waals surface area contributed by atoms with Gasteiger partial charge in [-0.2, -0.15) is 0 Å². The maximum atomic E-state index is 13.6. The molecule has 0 saturated carbocycles. The highest BCUT2D eigenvalue weighted by Crippen LogP contribution is 2.29. The second kappa shape index (κ2) is 9.84. The van der Waals surface area contributed by atoms with E-state index in [1.54, 1.807) is 30.3 Å². The number of carbonyl (C=O) groups is 3. The molecule has 0 radical (unpaired) electrons. The third-order valence-corrected chi connectivity index (χ3v) is 6.23. The summed E-state index contributed by atoms with van der Waals surface area (Å²) in [6.07, 6.45) is -0.201. The van der Waals surface area contributed by atoms with Crippen LogP contribution in [0.3, 0.4) is 0 Å². The Morgan fingerprint density at radius 2 is 1.88 bits per heavy atom. The van der Waals surface area contributed by atoms with Crippen molar-refractivity contribution in [1.29, 1.82) is 0 Å². The standard InChI is InChI=1S/C22H22N2O7S/c1-12-17-20(32-19(12)22(28)29)23-15(9-10-30-2)24(21(17)27)14(11-16(25)31-3)18(26)13-7-5-4-6-8-13/h4-8,14H,9-11H2,1-3H3,(H,28,29). The van der Waals surface area contributed by atoms with E-state index in [2.05, 4.69) is 4.98 Å². The molecular formula is C22H22N2O7S. The van der Waals surface area contributed by atoms with Crippen LogP contribution in [-0.4, -0.2) is 53.2 Å². The predicted octanol–water partition coefficient (Wildman–Crippen LogP) is 2.64. The van der Waals surface area contributed by atoms with E-state index in [-0.39, 0.29) is 45.9 Å². The number of carbonyl (C=O) groups excluding carboxylic acids is 2. The van der Waals surface area contributed by atoms with Crippen molar-refractivity contribution in [3.63, 3.8) is 0 Å². The molecule has 0 saturated heterocycles. The van der Waals surface area contributed by atoms with Crippen molar-refractivity contribution in [3.05, 3.63) is 62.5 Å². The van der Waals surface area contributed by atoms with Gasteiger partial charge in [0.1, 0.15) is 21.6 Å². The number of hydrogen-bond donors (Lipinski definition) is 1. The number of hydrogen-bond acceptors (Lipinski definition) is 8. The monoisotopic (exact) mass is 458 g/mol. The molecular weight excluding hydrogens is 436 g/mol. The minimum atomic E-state index is -1.21. The zero-order chi connectivity index (χ0) is 23.4. The number of nitrogens with zero attached hydrogens (tertiary/aromatic N) is 2. The lowest BCUT2D eigenvalue weighted by Crippen LogP contribution is -2.35. The van der Waals surface area contributed by atoms with Crippen molar-refractivity contribution < 1.29 is 29.0 Å². The molecule has 2 aromatic heterocycles. The van der Waals surface area contributed by atoms with Gasteiger partial charge in [-0.15, -0.1) is 11.3 Å². The molecule has 168 valence electrons. The zero-order valence-corrected chi connectivity index (χ0v) is 18.6. The van der Waals surface area contributed by atoms with Gasteiger partial charge in [-0.25, -0.2) is 9.78 Å². The lowest BCUT2D eigenvalue weighted by atomic mass is 10.0. The van der Waals surface area contributed by atoms with Crippen LogP contribution in [0, 0.1) is 6.92 Å². The van der Waals surface area contributed by atoms with Gasteiger partial charge in [-0.3, -0.25) is 19.0 Å². The van der Waals surface area contributed by atoms with Crippen LogP contribution < -0.4 is 5.56 Å². The summed E-state index contributed by atoms with van der Waals surface area (Å²) in [4.78, 5) is 55.5. The highest BCUT2D eigenvalue weighted by Gasteiger charge is 2.31. The lowest BCUT2D eigenvalue weighted by molar-refractivity contribution is -0.141. The Kier molecular flexibility index (Phi) is 7.16. The van der Waals surface area contributed by atoms with Crippen LogP contribution in [0.25, 0.3) is 10.2 Å². The molecule has 1 unspecified atom stereocenters. The number of ether oxygens (including phenoxy) is 2. The first kappa shape index (κ1) is 23.3. The minimum absolute atomic E-state index is 0.000977. The van der Waals surface area contributed by atoms with Crippen molar-refractivity contribution in [1.82, 2.24) is 9.55 Å². The highest BCUT2D eigenvalue weighted by molar-refractivity contribution is 7.20. The smallest absolute Gasteiger partial charge is 0.346 e. The molecule has 0 bridgehead atoms. The van der Waals surface area contributed by atoms with Gasteiger partial charge in [0, 0.05) is 19.1 Å². The topological polar surface area (TPSA) is 125 Å². The van der Waals surface area contributed by atoms with Crippen LogP contribution in [0.15, 0.2) is 35.1 Å². The van der Waals surface area contributed by atoms with E-state index in [0.29, 0.717) is 5.56 Å². The number of fused-ring (bicyclic) bond motifs is 1. The van der Waals surface area contributed by atoms with Crippen LogP contribution in [0.5, 0.6) is 0 Å². The van der Waals surface area contributed by atoms with E-state index in [4.69, 9.17) is 9.47 Å². The number of aromatic carboxylic acids is 1. The summed E-state index contributed by atoms with van der Waals surface area (Å²) >= 11 is 0.896. The summed E-state index contributed by atoms with van der Waals surface area (Å²) in [5.41, 5.74) is 0.00548. The third kappa shape index (κ3) is 4.46. The second-order valence-electron chi connectivity index (χ2n) is 7.01. The minimum Gasteiger partial charge on any atom is -0.477 e. The van der Waals surface area contributed by atoms with Gasteiger partial charge in [0.05, 0.1) is 25.5 Å². The number of aryl methyl sites for hydroxylation is 1. The summed E-state index contributed by atoms with van der Waals surface area (Å²) in [5, 5.41) is 9.59. The van der Waals surface area contributed by atoms with Crippen LogP contribution in [0.4, 0.5) is 0 Å². The number of ketones is 1. The first-order chi connectivity index (χ1) is 15.3. The average molecular weight is 458 g/mol. The number of carboxylic acid groups (broad SMARTS) is 1. The Bertz CT molecular complexity index is 1230. The number of aromatic nitrogens is 2. The number of carboxylic acids is 1. The SMILES string of the molecule is COCCc1nc2sc(C(=O)O)c(C)c2c(=O)n1C(CC(=O)OC)C(=O)c1ccccc1. The molecule has 1 N–H and O–H groups in total. The first-order valence-electron chi connectivity index (χ1n) is 9.72. The third-order valence-electron chi connectivity index (χ3n) is 5.05. The van der Waals surface area contributed by atoms with Crippen molar-refractivity contribution >= 4 is 39.3 Å². The fourth-order valence-corrected chi connectivity index (χ4v) is 4.50. The fraction of sp³-hybridized carbons (Fsp3) is 0.318. The number of benzene rings is 1. The fourth-order valence-electron chi connectivity index (χ4n) is 3.47. The van der Waals surface area contributed by atoms with Gasteiger partial charge in [0.2, 0.25) is 0 Å². The van der Waals surface area contributed by atoms with E-state index in [0.717, 1.165) is 11.3 Å². The molecule has 3 rings (SSSR count). The Labute approximate surface area is 187 Å². The Balaban J connectivity index is 2.30. The average Bonchev–Trinajstić information content (AvgIpc) is 3.13. The number of thiophene rings is 1. The highest BCUT2D eigenvalue weighted by atomic mass is 32.1. The molecule has 0 fully saturated rings. The van der Waals surface area contributed by atoms with Gasteiger partial charge >= 0.3 is 11.9 Å². The summed E-state index contributed by atoms with van der Waals surface area (Å²) in [6.45, 7) is 1.73. The molecule has 0 aliphatic carbocycles. The largest absolute Gasteiger partial charge is 0.477 e. The summed E-state index contributed by atoms with van der Waals surface area (Å²) in [6, 6.07) is 7.08. The van der Waals surface area contributed by atoms with Crippen LogP contribution >= 0.6 is 11.3 Å². The molecule has 9 nitrogen and oxygen atoms in total. The van der Waals surface area contributed by atoms with Gasteiger partial charge in [0.25, 0.3) is 5.56 Å². The van der Waals surface area contributed by atoms with Gasteiger partial charge < -0.3 is 14.6 Å². The molecule has 0 aliphatic heterocycles. The van der Waals surface area contributed by atoms with Gasteiger partial charge in [-0.05, 0) is 12.5 Å². The zero-order valence-electron chi connectivity index (χ0n) is 17.8. The van der Waals surface area contributed by atoms with Crippen LogP contribution in [0.2, 0.25) is 0 Å². The lowest BCUT2D eigenvalue weighted by Gasteiger charge is -2.21. The maximum Gasteiger partial charge on any atom is 0.346 e. The van der Waals surface area contributed by atoms with E-state index in [1.165, 1.54) is 25.7 Å². The molecule has 2 heterocycles. The second-order valence-corrected chi connectivity index (χ2v) is 8.01. The van der Waals surface area contributed by atoms with Crippen molar-refractivity contribution in [3.8, 4) is 0 Å². The van der Waals surface area contributed by atoms with E-state index >= 15 is 0 Å². The quantitative estimate of drug-likeness (QED) is 0.383. The van der Waals surface area contributed by atoms with Crippen LogP contribution in [0.1, 0.15) is 43.9 Å². The molecule has 1 atom stereocenters. The van der Waals surface area contributed by atoms with E-state index in [9.17, 15) is 24.3 Å². The summed E-state index contributed by atoms with van der Waals surface area (Å²) < 4.78 is 11.1. The molecule has 3 aromatic rings. The Hall–Kier alpha value is -3.37. The number of rotatable bonds is 9. The van der Waals surface area contributed by atoms with Crippen molar-refractivity contribution in [2.75, 3.05) is 20.8 Å². The van der Waals surface area contributed by atoms with Crippen LogP contribution in [-0.2, 0) is 20.7 Å². The Morgan fingerprint density at radius 1 is 1.19 bits per heavy atom. The van der Waals surface area contributed by atoms with E-state index < -0.39 is 29.3 Å². The summed E-state index contributed by atoms with van der Waals surface area (Å²) in [7, 11) is 2.68. The molecule has 0 spiro atoms. The molecule has 0 amide bonds. The number of methoxy groups -OCH3 is 2. The molecule has 10 heteroatoms. The normalized spacial score (nSPS) is 12.0. The van der Waals surface area contributed by atoms with E-state index in [1.807, 2.05) is 0 Å². The predicted molar refractivity (Wildman–Crippen MR) is 118 cm³/mol. The van der Waals surface area contributed by atoms with Crippen molar-refractivity contribution in [2.45, 2.75) is 25.8 Å². The molecule has 32 heavy (non-hydrogen) atoms. The molecule has 0 aliphatic rings. The number of esters is 1. The van der Waals surface area contributed by atoms with Gasteiger partial charge in [0.15, 0.2) is 5.78 Å². The first-order valence-corrected chi connectivity index (χ1v) is 10.5. The Morgan fingerprint density at radius 3 is 2.47 bits per heavy atom. The summed E-state index contributed by atoms with van der Waals surface area (Å²) in [5.74, 6) is -2.07. The van der Waals surface area contributed by atoms with Gasteiger partial charge in [-0.1, -0.05) is 30.3 Å². The number of Topliss-reactive ketones (excluding diaryl/α,β-unsaturated/α-hetero) is 1.